The van der Waals surface area contributed by atoms with Crippen LogP contribution in [0, 0.1) is 6.92 Å². The molecule has 0 saturated carbocycles. The number of benzene rings is 1. The molecule has 0 aliphatic heterocycles. The van der Waals surface area contributed by atoms with Gasteiger partial charge in [-0.2, -0.15) is 0 Å². The summed E-state index contributed by atoms with van der Waals surface area (Å²) in [6.07, 6.45) is 0. The molecule has 4 nitrogen and oxygen atoms in total. The second-order valence-corrected chi connectivity index (χ2v) is 4.81. The van der Waals surface area contributed by atoms with E-state index < -0.39 is 0 Å². The number of rotatable bonds is 3. The number of amides is 1. The minimum absolute atomic E-state index is 0.236. The van der Waals surface area contributed by atoms with Gasteiger partial charge in [-0.05, 0) is 44.2 Å². The Morgan fingerprint density at radius 3 is 2.74 bits per heavy atom. The summed E-state index contributed by atoms with van der Waals surface area (Å²) >= 11 is 5.86. The van der Waals surface area contributed by atoms with Gasteiger partial charge in [-0.1, -0.05) is 11.6 Å². The first-order valence-electron chi connectivity index (χ1n) is 5.89. The lowest BCUT2D eigenvalue weighted by Gasteiger charge is -2.13. The van der Waals surface area contributed by atoms with Gasteiger partial charge < -0.3 is 15.5 Å². The molecule has 1 heterocycles. The Hall–Kier alpha value is -1.94. The van der Waals surface area contributed by atoms with Crippen molar-refractivity contribution < 1.29 is 9.21 Å². The number of furan rings is 1. The third-order valence-corrected chi connectivity index (χ3v) is 3.03. The molecular formula is C14H15ClN2O2. The van der Waals surface area contributed by atoms with Crippen LogP contribution in [0.2, 0.25) is 5.02 Å². The molecule has 19 heavy (non-hydrogen) atoms. The van der Waals surface area contributed by atoms with E-state index in [0.29, 0.717) is 22.0 Å². The van der Waals surface area contributed by atoms with Crippen molar-refractivity contribution in [2.75, 3.05) is 5.73 Å². The molecule has 2 rings (SSSR count). The molecule has 0 bridgehead atoms. The van der Waals surface area contributed by atoms with Crippen molar-refractivity contribution in [2.24, 2.45) is 0 Å². The van der Waals surface area contributed by atoms with E-state index in [1.54, 1.807) is 18.2 Å². The van der Waals surface area contributed by atoms with Gasteiger partial charge in [0.2, 0.25) is 0 Å². The van der Waals surface area contributed by atoms with Crippen molar-refractivity contribution >= 4 is 23.2 Å². The molecule has 0 fully saturated rings. The number of halogens is 1. The number of aryl methyl sites for hydroxylation is 1. The molecule has 0 aliphatic rings. The first-order chi connectivity index (χ1) is 8.97. The van der Waals surface area contributed by atoms with E-state index >= 15 is 0 Å². The number of carbonyl (C=O) groups excluding carboxylic acids is 1. The third-order valence-electron chi connectivity index (χ3n) is 2.80. The fourth-order valence-electron chi connectivity index (χ4n) is 1.76. The molecule has 0 radical (unpaired) electrons. The van der Waals surface area contributed by atoms with Crippen LogP contribution >= 0.6 is 11.6 Å². The molecule has 0 spiro atoms. The van der Waals surface area contributed by atoms with Crippen LogP contribution in [0.4, 0.5) is 5.69 Å². The largest absolute Gasteiger partial charge is 0.464 e. The minimum Gasteiger partial charge on any atom is -0.464 e. The van der Waals surface area contributed by atoms with Gasteiger partial charge in [0.15, 0.2) is 0 Å². The van der Waals surface area contributed by atoms with Crippen molar-refractivity contribution in [3.8, 4) is 0 Å². The van der Waals surface area contributed by atoms with Crippen LogP contribution in [-0.2, 0) is 0 Å². The van der Waals surface area contributed by atoms with Gasteiger partial charge in [0.1, 0.15) is 11.5 Å². The zero-order chi connectivity index (χ0) is 14.0. The standard InChI is InChI=1S/C14H15ClN2O2/c1-8-3-6-13(19-8)9(2)17-14(18)11-7-10(15)4-5-12(11)16/h3-7,9H,16H2,1-2H3,(H,17,18). The summed E-state index contributed by atoms with van der Waals surface area (Å²) in [5.74, 6) is 1.23. The Bertz CT molecular complexity index is 607. The predicted molar refractivity (Wildman–Crippen MR) is 75.2 cm³/mol. The van der Waals surface area contributed by atoms with Crippen molar-refractivity contribution in [1.82, 2.24) is 5.32 Å². The quantitative estimate of drug-likeness (QED) is 0.846. The lowest BCUT2D eigenvalue weighted by Crippen LogP contribution is -2.27. The second kappa shape index (κ2) is 5.36. The van der Waals surface area contributed by atoms with Crippen molar-refractivity contribution in [2.45, 2.75) is 19.9 Å². The van der Waals surface area contributed by atoms with Gasteiger partial charge in [0, 0.05) is 10.7 Å². The number of nitrogens with one attached hydrogen (secondary N) is 1. The van der Waals surface area contributed by atoms with E-state index in [1.165, 1.54) is 0 Å². The van der Waals surface area contributed by atoms with Crippen LogP contribution < -0.4 is 11.1 Å². The van der Waals surface area contributed by atoms with Crippen LogP contribution in [0.15, 0.2) is 34.7 Å². The highest BCUT2D eigenvalue weighted by molar-refractivity contribution is 6.31. The highest BCUT2D eigenvalue weighted by atomic mass is 35.5. The lowest BCUT2D eigenvalue weighted by atomic mass is 10.1. The normalized spacial score (nSPS) is 12.2. The summed E-state index contributed by atoms with van der Waals surface area (Å²) in [6, 6.07) is 8.26. The topological polar surface area (TPSA) is 68.3 Å². The van der Waals surface area contributed by atoms with E-state index in [1.807, 2.05) is 26.0 Å². The maximum atomic E-state index is 12.1. The Kier molecular flexibility index (Phi) is 3.81. The molecule has 1 amide bonds. The fourth-order valence-corrected chi connectivity index (χ4v) is 1.93. The Morgan fingerprint density at radius 1 is 1.37 bits per heavy atom. The monoisotopic (exact) mass is 278 g/mol. The predicted octanol–water partition coefficient (Wildman–Crippen LogP) is 3.31. The number of anilines is 1. The maximum absolute atomic E-state index is 12.1. The van der Waals surface area contributed by atoms with Crippen LogP contribution in [0.1, 0.15) is 34.8 Å². The van der Waals surface area contributed by atoms with Gasteiger partial charge in [0.25, 0.3) is 5.91 Å². The summed E-state index contributed by atoms with van der Waals surface area (Å²) in [5.41, 5.74) is 6.52. The van der Waals surface area contributed by atoms with Gasteiger partial charge in [0.05, 0.1) is 11.6 Å². The maximum Gasteiger partial charge on any atom is 0.254 e. The van der Waals surface area contributed by atoms with Crippen LogP contribution in [0.3, 0.4) is 0 Å². The van der Waals surface area contributed by atoms with E-state index in [9.17, 15) is 4.79 Å². The van der Waals surface area contributed by atoms with Crippen molar-refractivity contribution in [1.29, 1.82) is 0 Å². The highest BCUT2D eigenvalue weighted by Crippen LogP contribution is 2.20. The summed E-state index contributed by atoms with van der Waals surface area (Å²) < 4.78 is 5.46. The first-order valence-corrected chi connectivity index (χ1v) is 6.27. The van der Waals surface area contributed by atoms with Crippen LogP contribution in [0.25, 0.3) is 0 Å². The van der Waals surface area contributed by atoms with E-state index in [2.05, 4.69) is 5.32 Å². The molecule has 0 aliphatic carbocycles. The molecular weight excluding hydrogens is 264 g/mol. The zero-order valence-electron chi connectivity index (χ0n) is 10.7. The summed E-state index contributed by atoms with van der Waals surface area (Å²) in [5, 5.41) is 3.30. The second-order valence-electron chi connectivity index (χ2n) is 4.38. The van der Waals surface area contributed by atoms with Crippen molar-refractivity contribution in [3.63, 3.8) is 0 Å². The summed E-state index contributed by atoms with van der Waals surface area (Å²) in [7, 11) is 0. The molecule has 1 unspecified atom stereocenters. The van der Waals surface area contributed by atoms with Crippen molar-refractivity contribution in [3.05, 3.63) is 52.4 Å². The van der Waals surface area contributed by atoms with Crippen LogP contribution in [-0.4, -0.2) is 5.91 Å². The fraction of sp³-hybridized carbons (Fsp3) is 0.214. The minimum atomic E-state index is -0.276. The third kappa shape index (κ3) is 3.09. The number of carbonyl (C=O) groups is 1. The lowest BCUT2D eigenvalue weighted by molar-refractivity contribution is 0.0936. The number of nitrogen functional groups attached to an aromatic ring is 1. The van der Waals surface area contributed by atoms with Gasteiger partial charge in [-0.3, -0.25) is 4.79 Å². The molecule has 5 heteroatoms. The molecule has 3 N–H and O–H groups in total. The Labute approximate surface area is 116 Å². The number of nitrogens with two attached hydrogens (primary N) is 1. The SMILES string of the molecule is Cc1ccc(C(C)NC(=O)c2cc(Cl)ccc2N)o1. The van der Waals surface area contributed by atoms with Gasteiger partial charge >= 0.3 is 0 Å². The summed E-state index contributed by atoms with van der Waals surface area (Å²) in [4.78, 5) is 12.1. The molecule has 1 aromatic heterocycles. The molecule has 1 aromatic carbocycles. The summed E-state index contributed by atoms with van der Waals surface area (Å²) in [6.45, 7) is 3.70. The van der Waals surface area contributed by atoms with Gasteiger partial charge in [-0.25, -0.2) is 0 Å². The average molecular weight is 279 g/mol. The average Bonchev–Trinajstić information content (AvgIpc) is 2.79. The first kappa shape index (κ1) is 13.5. The highest BCUT2D eigenvalue weighted by Gasteiger charge is 2.16. The Morgan fingerprint density at radius 2 is 2.11 bits per heavy atom. The molecule has 100 valence electrons. The van der Waals surface area contributed by atoms with E-state index in [4.69, 9.17) is 21.8 Å². The van der Waals surface area contributed by atoms with Crippen LogP contribution in [0.5, 0.6) is 0 Å². The number of hydrogen-bond acceptors (Lipinski definition) is 3. The zero-order valence-corrected chi connectivity index (χ0v) is 11.5. The molecule has 1 atom stereocenters. The molecule has 2 aromatic rings. The van der Waals surface area contributed by atoms with E-state index in [0.717, 1.165) is 5.76 Å². The number of hydrogen-bond donors (Lipinski definition) is 2. The van der Waals surface area contributed by atoms with E-state index in [-0.39, 0.29) is 11.9 Å². The smallest absolute Gasteiger partial charge is 0.254 e. The molecule has 0 saturated heterocycles. The Balaban J connectivity index is 2.15. The van der Waals surface area contributed by atoms with Gasteiger partial charge in [-0.15, -0.1) is 0 Å².